The van der Waals surface area contributed by atoms with Crippen LogP contribution < -0.4 is 20.9 Å². The first-order valence-electron chi connectivity index (χ1n) is 11.2. The normalized spacial score (nSPS) is 18.8. The number of rotatable bonds is 8. The zero-order valence-electron chi connectivity index (χ0n) is 20.0. The molecule has 0 bridgehead atoms. The van der Waals surface area contributed by atoms with E-state index in [1.54, 1.807) is 0 Å². The van der Waals surface area contributed by atoms with Crippen molar-refractivity contribution in [2.45, 2.75) is 18.0 Å². The topological polar surface area (TPSA) is 203 Å². The monoisotopic (exact) mass is 574 g/mol. The maximum Gasteiger partial charge on any atom is 0.452 e. The summed E-state index contributed by atoms with van der Waals surface area (Å²) in [6, 6.07) is 4.47. The second-order valence-electron chi connectivity index (χ2n) is 8.14. The molecule has 39 heavy (non-hydrogen) atoms. The Morgan fingerprint density at radius 1 is 1.38 bits per heavy atom. The van der Waals surface area contributed by atoms with Gasteiger partial charge in [0.25, 0.3) is 22.7 Å². The number of pyridine rings is 1. The highest BCUT2D eigenvalue weighted by atomic mass is 32.2. The van der Waals surface area contributed by atoms with Crippen LogP contribution >= 0.6 is 23.1 Å². The predicted octanol–water partition coefficient (Wildman–Crippen LogP) is 0.190. The lowest BCUT2D eigenvalue weighted by Crippen LogP contribution is -2.71. The Hall–Kier alpha value is -4.64. The molecule has 5 heterocycles. The summed E-state index contributed by atoms with van der Waals surface area (Å²) < 4.78 is 6.84. The molecule has 0 saturated carbocycles. The lowest BCUT2D eigenvalue weighted by atomic mass is 10.0. The van der Waals surface area contributed by atoms with E-state index >= 15 is 0 Å². The SMILES string of the molecule is CNC(=O)OON=C(C(=O)NC1C(=O)N2C(C(=O)O)=C(C[n+]3cccc4ccsc43)CS[C@@H]12)c1coc(N)n1. The van der Waals surface area contributed by atoms with Gasteiger partial charge in [-0.25, -0.2) is 14.5 Å². The molecule has 202 valence electrons. The molecule has 1 unspecified atom stereocenters. The molecule has 2 aliphatic rings. The maximum absolute atomic E-state index is 13.1. The number of carboxylic acid groups (broad SMARTS) is 1. The first kappa shape index (κ1) is 26.0. The van der Waals surface area contributed by atoms with E-state index in [1.807, 2.05) is 34.3 Å². The number of anilines is 1. The van der Waals surface area contributed by atoms with Gasteiger partial charge < -0.3 is 25.9 Å². The second kappa shape index (κ2) is 10.6. The van der Waals surface area contributed by atoms with Crippen LogP contribution in [0.15, 0.2) is 56.9 Å². The molecule has 0 aliphatic carbocycles. The number of hydrogen-bond acceptors (Lipinski definition) is 12. The van der Waals surface area contributed by atoms with E-state index in [2.05, 4.69) is 30.6 Å². The van der Waals surface area contributed by atoms with Crippen molar-refractivity contribution >= 4 is 68.9 Å². The van der Waals surface area contributed by atoms with E-state index in [9.17, 15) is 24.3 Å². The molecule has 3 aromatic rings. The van der Waals surface area contributed by atoms with Gasteiger partial charge in [0.2, 0.25) is 5.71 Å². The first-order chi connectivity index (χ1) is 18.8. The van der Waals surface area contributed by atoms with Crippen molar-refractivity contribution < 1.29 is 43.1 Å². The number of thiophene rings is 1. The Balaban J connectivity index is 1.35. The van der Waals surface area contributed by atoms with Crippen LogP contribution in [0.3, 0.4) is 0 Å². The summed E-state index contributed by atoms with van der Waals surface area (Å²) >= 11 is 2.85. The third kappa shape index (κ3) is 4.96. The van der Waals surface area contributed by atoms with Crippen molar-refractivity contribution in [2.24, 2.45) is 5.16 Å². The minimum atomic E-state index is -1.24. The van der Waals surface area contributed by atoms with E-state index in [0.717, 1.165) is 16.5 Å². The average Bonchev–Trinajstić information content (AvgIpc) is 3.58. The van der Waals surface area contributed by atoms with Crippen molar-refractivity contribution in [2.75, 3.05) is 18.5 Å². The summed E-state index contributed by atoms with van der Waals surface area (Å²) in [5, 5.41) is 20.4. The molecule has 2 aliphatic heterocycles. The molecule has 0 aromatic carbocycles. The molecule has 3 aromatic heterocycles. The van der Waals surface area contributed by atoms with Crippen LogP contribution in [0.25, 0.3) is 10.2 Å². The Morgan fingerprint density at radius 3 is 2.92 bits per heavy atom. The van der Waals surface area contributed by atoms with E-state index < -0.39 is 41.0 Å². The van der Waals surface area contributed by atoms with Gasteiger partial charge >= 0.3 is 12.1 Å². The fourth-order valence-corrected chi connectivity index (χ4v) is 6.28. The summed E-state index contributed by atoms with van der Waals surface area (Å²) in [7, 11) is 1.28. The van der Waals surface area contributed by atoms with Gasteiger partial charge in [-0.2, -0.15) is 14.5 Å². The van der Waals surface area contributed by atoms with Crippen LogP contribution in [0.5, 0.6) is 0 Å². The Kier molecular flexibility index (Phi) is 7.07. The van der Waals surface area contributed by atoms with E-state index in [1.165, 1.54) is 35.0 Å². The maximum atomic E-state index is 13.1. The molecule has 3 amide bonds. The fraction of sp³-hybridized carbons (Fsp3) is 0.227. The van der Waals surface area contributed by atoms with Gasteiger partial charge in [-0.3, -0.25) is 14.5 Å². The zero-order valence-corrected chi connectivity index (χ0v) is 21.7. The number of hydrogen-bond donors (Lipinski definition) is 4. The van der Waals surface area contributed by atoms with Gasteiger partial charge in [-0.1, -0.05) is 11.3 Å². The summed E-state index contributed by atoms with van der Waals surface area (Å²) in [6.07, 6.45) is 1.89. The summed E-state index contributed by atoms with van der Waals surface area (Å²) in [6.45, 7) is 0.285. The number of carboxylic acids is 1. The number of carbonyl (C=O) groups excluding carboxylic acids is 3. The van der Waals surface area contributed by atoms with Crippen molar-refractivity contribution in [1.82, 2.24) is 20.5 Å². The number of oxime groups is 1. The number of fused-ring (bicyclic) bond motifs is 2. The predicted molar refractivity (Wildman–Crippen MR) is 136 cm³/mol. The van der Waals surface area contributed by atoms with Crippen molar-refractivity contribution in [3.63, 3.8) is 0 Å². The average molecular weight is 575 g/mol. The quantitative estimate of drug-likeness (QED) is 0.0940. The molecule has 5 rings (SSSR count). The highest BCUT2D eigenvalue weighted by Gasteiger charge is 2.55. The van der Waals surface area contributed by atoms with Crippen LogP contribution in [-0.2, 0) is 30.8 Å². The first-order valence-corrected chi connectivity index (χ1v) is 13.1. The molecule has 17 heteroatoms. The number of β-lactam (4-membered cyclic amide) rings is 1. The van der Waals surface area contributed by atoms with E-state index in [4.69, 9.17) is 10.2 Å². The van der Waals surface area contributed by atoms with Gasteiger partial charge in [-0.05, 0) is 22.7 Å². The van der Waals surface area contributed by atoms with Crippen molar-refractivity contribution in [3.05, 3.63) is 53.0 Å². The summed E-state index contributed by atoms with van der Waals surface area (Å²) in [5.41, 5.74) is 5.27. The van der Waals surface area contributed by atoms with Crippen molar-refractivity contribution in [3.8, 4) is 0 Å². The van der Waals surface area contributed by atoms with Gasteiger partial charge in [0, 0.05) is 24.4 Å². The number of thioether (sulfide) groups is 1. The standard InChI is InChI=1S/C22H19N7O8S2/c1-24-22(34)36-37-27-13(12-8-35-21(23)25-12)16(30)26-14-17(31)29-15(20(32)33)11(9-39-19(14)29)7-28-5-2-3-10-4-6-38-18(10)28/h2-6,8,14,19H,7,9H2,1H3,(H4-,23,24,25,26,30,32,33,34)/p+1/t14?,19-/m0/s1. The third-order valence-electron chi connectivity index (χ3n) is 5.80. The highest BCUT2D eigenvalue weighted by Crippen LogP contribution is 2.40. The van der Waals surface area contributed by atoms with Gasteiger partial charge in [0.1, 0.15) is 29.1 Å². The number of aliphatic carboxylic acids is 1. The number of nitrogens with one attached hydrogen (secondary N) is 2. The zero-order chi connectivity index (χ0) is 27.7. The van der Waals surface area contributed by atoms with Gasteiger partial charge in [-0.15, -0.1) is 11.8 Å². The Labute approximate surface area is 227 Å². The number of carbonyl (C=O) groups is 4. The number of nitrogens with zero attached hydrogens (tertiary/aromatic N) is 4. The lowest BCUT2D eigenvalue weighted by molar-refractivity contribution is -0.661. The summed E-state index contributed by atoms with van der Waals surface area (Å²) in [5.74, 6) is -2.46. The highest BCUT2D eigenvalue weighted by molar-refractivity contribution is 8.00. The molecular formula is C22H20N7O8S2+. The summed E-state index contributed by atoms with van der Waals surface area (Å²) in [4.78, 5) is 64.3. The van der Waals surface area contributed by atoms with E-state index in [-0.39, 0.29) is 24.0 Å². The Morgan fingerprint density at radius 2 is 2.21 bits per heavy atom. The number of oxazole rings is 1. The molecule has 15 nitrogen and oxygen atoms in total. The molecule has 5 N–H and O–H groups in total. The van der Waals surface area contributed by atoms with Gasteiger partial charge in [0.05, 0.1) is 5.39 Å². The minimum absolute atomic E-state index is 0.115. The third-order valence-corrected chi connectivity index (χ3v) is 8.11. The van der Waals surface area contributed by atoms with Crippen LogP contribution in [-0.4, -0.2) is 68.8 Å². The number of nitrogen functional groups attached to an aromatic ring is 1. The fourth-order valence-electron chi connectivity index (χ4n) is 4.07. The Bertz CT molecular complexity index is 1550. The molecule has 2 atom stereocenters. The molecular weight excluding hydrogens is 554 g/mol. The number of aromatic nitrogens is 2. The largest absolute Gasteiger partial charge is 0.477 e. The number of amides is 3. The van der Waals surface area contributed by atoms with Crippen molar-refractivity contribution in [1.29, 1.82) is 0 Å². The van der Waals surface area contributed by atoms with E-state index in [0.29, 0.717) is 11.3 Å². The van der Waals surface area contributed by atoms with Crippen LogP contribution in [0.4, 0.5) is 10.8 Å². The molecule has 1 saturated heterocycles. The van der Waals surface area contributed by atoms with Gasteiger partial charge in [0.15, 0.2) is 12.7 Å². The number of nitrogens with two attached hydrogens (primary N) is 1. The van der Waals surface area contributed by atoms with Crippen LogP contribution in [0.1, 0.15) is 5.69 Å². The second-order valence-corrected chi connectivity index (χ2v) is 10.1. The van der Waals surface area contributed by atoms with Crippen LogP contribution in [0, 0.1) is 0 Å². The minimum Gasteiger partial charge on any atom is -0.477 e. The van der Waals surface area contributed by atoms with Crippen LogP contribution in [0.2, 0.25) is 0 Å². The molecule has 1 fully saturated rings. The lowest BCUT2D eigenvalue weighted by Gasteiger charge is -2.49. The molecule has 0 radical (unpaired) electrons. The molecule has 0 spiro atoms. The smallest absolute Gasteiger partial charge is 0.452 e.